The van der Waals surface area contributed by atoms with Crippen LogP contribution in [0.1, 0.15) is 17.4 Å². The van der Waals surface area contributed by atoms with Crippen molar-refractivity contribution in [2.45, 2.75) is 12.5 Å². The van der Waals surface area contributed by atoms with Crippen LogP contribution in [0.25, 0.3) is 0 Å². The molecule has 0 aliphatic rings. The summed E-state index contributed by atoms with van der Waals surface area (Å²) in [6.07, 6.45) is 4.27. The number of rotatable bonds is 4. The second-order valence-corrected chi connectivity index (χ2v) is 4.99. The average molecular weight is 312 g/mol. The summed E-state index contributed by atoms with van der Waals surface area (Å²) in [4.78, 5) is 4.27. The lowest BCUT2D eigenvalue weighted by Crippen LogP contribution is -2.22. The third-order valence-electron chi connectivity index (χ3n) is 3.00. The van der Waals surface area contributed by atoms with Crippen LogP contribution in [0, 0.1) is 5.82 Å². The first-order valence-electron chi connectivity index (χ1n) is 5.71. The first-order chi connectivity index (χ1) is 8.63. The number of nitrogens with zero attached hydrogens (tertiary/aromatic N) is 2. The third kappa shape index (κ3) is 2.62. The molecule has 1 unspecified atom stereocenters. The van der Waals surface area contributed by atoms with Gasteiger partial charge in [0.05, 0.1) is 0 Å². The summed E-state index contributed by atoms with van der Waals surface area (Å²) in [5.41, 5.74) is 0.642. The first kappa shape index (κ1) is 13.2. The topological polar surface area (TPSA) is 29.9 Å². The van der Waals surface area contributed by atoms with Crippen LogP contribution in [0.15, 0.2) is 35.1 Å². The van der Waals surface area contributed by atoms with E-state index in [4.69, 9.17) is 0 Å². The van der Waals surface area contributed by atoms with Crippen LogP contribution in [-0.2, 0) is 13.5 Å². The van der Waals surface area contributed by atoms with Gasteiger partial charge < -0.3 is 9.88 Å². The molecule has 0 amide bonds. The fraction of sp³-hybridized carbons (Fsp3) is 0.308. The molecule has 1 heterocycles. The molecule has 1 N–H and O–H groups in total. The Bertz CT molecular complexity index is 519. The van der Waals surface area contributed by atoms with Gasteiger partial charge in [0.1, 0.15) is 11.6 Å². The molecule has 0 radical (unpaired) electrons. The molecule has 96 valence electrons. The van der Waals surface area contributed by atoms with Crippen molar-refractivity contribution in [3.63, 3.8) is 0 Å². The van der Waals surface area contributed by atoms with Gasteiger partial charge in [0.15, 0.2) is 0 Å². The molecule has 2 aromatic rings. The second-order valence-electron chi connectivity index (χ2n) is 4.14. The van der Waals surface area contributed by atoms with E-state index in [1.807, 2.05) is 30.9 Å². The van der Waals surface area contributed by atoms with Gasteiger partial charge in [-0.25, -0.2) is 9.37 Å². The first-order valence-corrected chi connectivity index (χ1v) is 6.50. The zero-order valence-electron chi connectivity index (χ0n) is 10.3. The number of hydrogen-bond acceptors (Lipinski definition) is 2. The number of halogens is 2. The molecule has 1 aromatic carbocycles. The van der Waals surface area contributed by atoms with Crippen LogP contribution >= 0.6 is 15.9 Å². The standard InChI is InChI=1S/C13H15BrFN3/c1-16-11(8-12-17-6-7-18(12)2)13-9(14)4-3-5-10(13)15/h3-7,11,16H,8H2,1-2H3. The van der Waals surface area contributed by atoms with Crippen molar-refractivity contribution in [2.75, 3.05) is 7.05 Å². The van der Waals surface area contributed by atoms with E-state index >= 15 is 0 Å². The maximum Gasteiger partial charge on any atom is 0.129 e. The summed E-state index contributed by atoms with van der Waals surface area (Å²) in [6, 6.07) is 4.90. The van der Waals surface area contributed by atoms with E-state index in [2.05, 4.69) is 26.2 Å². The monoisotopic (exact) mass is 311 g/mol. The van der Waals surface area contributed by atoms with Gasteiger partial charge in [-0.1, -0.05) is 22.0 Å². The van der Waals surface area contributed by atoms with Gasteiger partial charge in [-0.3, -0.25) is 0 Å². The van der Waals surface area contributed by atoms with Crippen molar-refractivity contribution in [2.24, 2.45) is 7.05 Å². The van der Waals surface area contributed by atoms with Crippen molar-refractivity contribution >= 4 is 15.9 Å². The molecule has 5 heteroatoms. The van der Waals surface area contributed by atoms with E-state index in [1.165, 1.54) is 6.07 Å². The van der Waals surface area contributed by atoms with Crippen molar-refractivity contribution in [3.8, 4) is 0 Å². The molecule has 0 aliphatic heterocycles. The molecule has 1 aromatic heterocycles. The zero-order valence-corrected chi connectivity index (χ0v) is 11.9. The molecule has 0 bridgehead atoms. The van der Waals surface area contributed by atoms with Gasteiger partial charge in [0.2, 0.25) is 0 Å². The summed E-state index contributed by atoms with van der Waals surface area (Å²) in [6.45, 7) is 0. The minimum atomic E-state index is -0.210. The van der Waals surface area contributed by atoms with Gasteiger partial charge in [-0.05, 0) is 19.2 Å². The summed E-state index contributed by atoms with van der Waals surface area (Å²) >= 11 is 3.40. The van der Waals surface area contributed by atoms with Crippen molar-refractivity contribution in [1.29, 1.82) is 0 Å². The van der Waals surface area contributed by atoms with Crippen LogP contribution in [-0.4, -0.2) is 16.6 Å². The van der Waals surface area contributed by atoms with Crippen molar-refractivity contribution < 1.29 is 4.39 Å². The van der Waals surface area contributed by atoms with Gasteiger partial charge in [-0.2, -0.15) is 0 Å². The quantitative estimate of drug-likeness (QED) is 0.941. The highest BCUT2D eigenvalue weighted by molar-refractivity contribution is 9.10. The minimum Gasteiger partial charge on any atom is -0.338 e. The number of hydrogen-bond donors (Lipinski definition) is 1. The molecule has 0 fully saturated rings. The van der Waals surface area contributed by atoms with Crippen LogP contribution < -0.4 is 5.32 Å². The number of likely N-dealkylation sites (N-methyl/N-ethyl adjacent to an activating group) is 1. The molecule has 3 nitrogen and oxygen atoms in total. The Balaban J connectivity index is 2.32. The second kappa shape index (κ2) is 5.63. The van der Waals surface area contributed by atoms with Gasteiger partial charge >= 0.3 is 0 Å². The Morgan fingerprint density at radius 2 is 2.28 bits per heavy atom. The Hall–Kier alpha value is -1.20. The SMILES string of the molecule is CNC(Cc1nccn1C)c1c(F)cccc1Br. The minimum absolute atomic E-state index is 0.110. The molecule has 2 rings (SSSR count). The third-order valence-corrected chi connectivity index (χ3v) is 3.70. The van der Waals surface area contributed by atoms with Crippen molar-refractivity contribution in [3.05, 3.63) is 52.3 Å². The van der Waals surface area contributed by atoms with E-state index in [-0.39, 0.29) is 11.9 Å². The zero-order chi connectivity index (χ0) is 13.1. The number of nitrogens with one attached hydrogen (secondary N) is 1. The highest BCUT2D eigenvalue weighted by Gasteiger charge is 2.19. The summed E-state index contributed by atoms with van der Waals surface area (Å²) < 4.78 is 16.6. The van der Waals surface area contributed by atoms with Crippen LogP contribution in [0.5, 0.6) is 0 Å². The van der Waals surface area contributed by atoms with Crippen LogP contribution in [0.4, 0.5) is 4.39 Å². The summed E-state index contributed by atoms with van der Waals surface area (Å²) in [7, 11) is 3.76. The van der Waals surface area contributed by atoms with Crippen molar-refractivity contribution in [1.82, 2.24) is 14.9 Å². The Morgan fingerprint density at radius 3 is 2.83 bits per heavy atom. The number of aromatic nitrogens is 2. The number of benzene rings is 1. The van der Waals surface area contributed by atoms with E-state index in [1.54, 1.807) is 12.3 Å². The predicted molar refractivity (Wildman–Crippen MR) is 72.8 cm³/mol. The normalized spacial score (nSPS) is 12.7. The maximum absolute atomic E-state index is 13.9. The lowest BCUT2D eigenvalue weighted by atomic mass is 10.0. The average Bonchev–Trinajstić information content (AvgIpc) is 2.73. The molecule has 18 heavy (non-hydrogen) atoms. The number of imidazole rings is 1. The molecule has 0 aliphatic carbocycles. The van der Waals surface area contributed by atoms with Crippen LogP contribution in [0.2, 0.25) is 0 Å². The highest BCUT2D eigenvalue weighted by Crippen LogP contribution is 2.28. The van der Waals surface area contributed by atoms with Gasteiger partial charge in [0.25, 0.3) is 0 Å². The van der Waals surface area contributed by atoms with Gasteiger partial charge in [-0.15, -0.1) is 0 Å². The molecular formula is C13H15BrFN3. The van der Waals surface area contributed by atoms with Gasteiger partial charge in [0, 0.05) is 41.9 Å². The van der Waals surface area contributed by atoms with E-state index in [0.29, 0.717) is 12.0 Å². The molecule has 0 saturated carbocycles. The fourth-order valence-electron chi connectivity index (χ4n) is 1.97. The summed E-state index contributed by atoms with van der Waals surface area (Å²) in [5, 5.41) is 3.14. The van der Waals surface area contributed by atoms with Crippen LogP contribution in [0.3, 0.4) is 0 Å². The Labute approximate surface area is 114 Å². The van der Waals surface area contributed by atoms with E-state index in [9.17, 15) is 4.39 Å². The largest absolute Gasteiger partial charge is 0.338 e. The van der Waals surface area contributed by atoms with E-state index in [0.717, 1.165) is 10.3 Å². The molecule has 0 spiro atoms. The fourth-order valence-corrected chi connectivity index (χ4v) is 2.59. The smallest absolute Gasteiger partial charge is 0.129 e. The Morgan fingerprint density at radius 1 is 1.50 bits per heavy atom. The lowest BCUT2D eigenvalue weighted by molar-refractivity contribution is 0.517. The summed E-state index contributed by atoms with van der Waals surface area (Å²) in [5.74, 6) is 0.711. The molecule has 1 atom stereocenters. The predicted octanol–water partition coefficient (Wildman–Crippen LogP) is 2.82. The number of aryl methyl sites for hydroxylation is 1. The highest BCUT2D eigenvalue weighted by atomic mass is 79.9. The lowest BCUT2D eigenvalue weighted by Gasteiger charge is -2.18. The maximum atomic E-state index is 13.9. The Kier molecular flexibility index (Phi) is 4.14. The molecule has 0 saturated heterocycles. The molecular weight excluding hydrogens is 297 g/mol. The van der Waals surface area contributed by atoms with E-state index < -0.39 is 0 Å².